The average molecular weight is 327 g/mol. The summed E-state index contributed by atoms with van der Waals surface area (Å²) >= 11 is 5.97. The fourth-order valence-electron chi connectivity index (χ4n) is 1.74. The summed E-state index contributed by atoms with van der Waals surface area (Å²) in [6, 6.07) is 6.71. The number of nitrogens with zero attached hydrogens (tertiary/aromatic N) is 3. The number of rotatable bonds is 6. The van der Waals surface area contributed by atoms with Crippen LogP contribution in [-0.2, 0) is 16.6 Å². The Morgan fingerprint density at radius 3 is 2.86 bits per heavy atom. The third kappa shape index (κ3) is 4.96. The van der Waals surface area contributed by atoms with Crippen molar-refractivity contribution in [3.05, 3.63) is 52.9 Å². The minimum Gasteiger partial charge on any atom is -0.251 e. The number of aromatic nitrogens is 3. The van der Waals surface area contributed by atoms with Crippen molar-refractivity contribution >= 4 is 27.7 Å². The van der Waals surface area contributed by atoms with E-state index in [1.54, 1.807) is 35.9 Å². The van der Waals surface area contributed by atoms with Gasteiger partial charge in [-0.3, -0.25) is 4.68 Å². The Balaban J connectivity index is 2.00. The standard InChI is InChI=1S/C13H15ClN4O2S/c1-11(8-18-10-15-9-16-18)17-21(19,20)7-6-12-4-2-3-5-13(12)14/h2-7,9-11,17H,8H2,1H3/b7-6-/t11-/m1/s1. The molecule has 0 bridgehead atoms. The van der Waals surface area contributed by atoms with E-state index < -0.39 is 10.0 Å². The normalized spacial score (nSPS) is 13.6. The molecule has 2 rings (SSSR count). The Labute approximate surface area is 128 Å². The SMILES string of the molecule is C[C@H](Cn1cncn1)NS(=O)(=O)/C=C\c1ccccc1Cl. The zero-order chi connectivity index (χ0) is 15.3. The molecule has 21 heavy (non-hydrogen) atoms. The Kier molecular flexibility index (Phi) is 5.11. The van der Waals surface area contributed by atoms with Crippen LogP contribution in [0.15, 0.2) is 42.3 Å². The topological polar surface area (TPSA) is 76.9 Å². The van der Waals surface area contributed by atoms with Crippen molar-refractivity contribution < 1.29 is 8.42 Å². The van der Waals surface area contributed by atoms with Gasteiger partial charge in [-0.15, -0.1) is 0 Å². The molecule has 0 radical (unpaired) electrons. The number of benzene rings is 1. The van der Waals surface area contributed by atoms with Crippen LogP contribution in [0, 0.1) is 0 Å². The van der Waals surface area contributed by atoms with Gasteiger partial charge in [0.1, 0.15) is 12.7 Å². The number of nitrogens with one attached hydrogen (secondary N) is 1. The molecule has 1 heterocycles. The number of hydrogen-bond donors (Lipinski definition) is 1. The quantitative estimate of drug-likeness (QED) is 0.879. The Morgan fingerprint density at radius 2 is 2.19 bits per heavy atom. The van der Waals surface area contributed by atoms with E-state index in [9.17, 15) is 8.42 Å². The molecule has 0 aliphatic carbocycles. The lowest BCUT2D eigenvalue weighted by molar-refractivity contribution is 0.496. The smallest absolute Gasteiger partial charge is 0.234 e. The van der Waals surface area contributed by atoms with Crippen LogP contribution in [0.4, 0.5) is 0 Å². The first-order chi connectivity index (χ1) is 9.96. The van der Waals surface area contributed by atoms with Gasteiger partial charge in [0.15, 0.2) is 0 Å². The highest BCUT2D eigenvalue weighted by Crippen LogP contribution is 2.16. The van der Waals surface area contributed by atoms with Crippen molar-refractivity contribution in [3.8, 4) is 0 Å². The zero-order valence-electron chi connectivity index (χ0n) is 11.3. The monoisotopic (exact) mass is 326 g/mol. The fourth-order valence-corrected chi connectivity index (χ4v) is 2.98. The van der Waals surface area contributed by atoms with E-state index in [0.29, 0.717) is 17.1 Å². The first-order valence-electron chi connectivity index (χ1n) is 6.23. The highest BCUT2D eigenvalue weighted by molar-refractivity contribution is 7.92. The maximum absolute atomic E-state index is 12.0. The van der Waals surface area contributed by atoms with E-state index in [-0.39, 0.29) is 6.04 Å². The molecule has 0 saturated heterocycles. The second-order valence-electron chi connectivity index (χ2n) is 4.51. The summed E-state index contributed by atoms with van der Waals surface area (Å²) in [5, 5.41) is 5.53. The molecule has 0 saturated carbocycles. The summed E-state index contributed by atoms with van der Waals surface area (Å²) in [7, 11) is -3.55. The molecule has 1 aromatic carbocycles. The van der Waals surface area contributed by atoms with Gasteiger partial charge in [0.2, 0.25) is 10.0 Å². The van der Waals surface area contributed by atoms with Crippen LogP contribution in [0.5, 0.6) is 0 Å². The Hall–Kier alpha value is -1.70. The van der Waals surface area contributed by atoms with Crippen LogP contribution < -0.4 is 4.72 Å². The second-order valence-corrected chi connectivity index (χ2v) is 6.51. The van der Waals surface area contributed by atoms with Crippen molar-refractivity contribution in [3.63, 3.8) is 0 Å². The van der Waals surface area contributed by atoms with Crippen LogP contribution in [0.25, 0.3) is 6.08 Å². The molecular weight excluding hydrogens is 312 g/mol. The third-order valence-electron chi connectivity index (χ3n) is 2.62. The second kappa shape index (κ2) is 6.84. The molecule has 0 aliphatic rings. The molecule has 2 aromatic rings. The molecule has 8 heteroatoms. The highest BCUT2D eigenvalue weighted by Gasteiger charge is 2.12. The average Bonchev–Trinajstić information content (AvgIpc) is 2.90. The van der Waals surface area contributed by atoms with E-state index >= 15 is 0 Å². The number of sulfonamides is 1. The molecule has 112 valence electrons. The molecule has 0 fully saturated rings. The molecule has 0 aliphatic heterocycles. The summed E-state index contributed by atoms with van der Waals surface area (Å²) in [5.74, 6) is 0. The van der Waals surface area contributed by atoms with Gasteiger partial charge in [-0.05, 0) is 24.6 Å². The van der Waals surface area contributed by atoms with E-state index in [1.807, 2.05) is 0 Å². The predicted octanol–water partition coefficient (Wildman–Crippen LogP) is 1.91. The lowest BCUT2D eigenvalue weighted by Crippen LogP contribution is -2.34. The van der Waals surface area contributed by atoms with Crippen LogP contribution in [0.2, 0.25) is 5.02 Å². The Bertz CT molecular complexity index is 714. The van der Waals surface area contributed by atoms with Crippen molar-refractivity contribution in [2.24, 2.45) is 0 Å². The molecule has 0 spiro atoms. The van der Waals surface area contributed by atoms with Crippen molar-refractivity contribution in [2.75, 3.05) is 0 Å². The zero-order valence-corrected chi connectivity index (χ0v) is 12.9. The maximum Gasteiger partial charge on any atom is 0.234 e. The van der Waals surface area contributed by atoms with E-state index in [0.717, 1.165) is 5.41 Å². The van der Waals surface area contributed by atoms with E-state index in [2.05, 4.69) is 14.8 Å². The Morgan fingerprint density at radius 1 is 1.43 bits per heavy atom. The van der Waals surface area contributed by atoms with Gasteiger partial charge in [-0.1, -0.05) is 29.8 Å². The van der Waals surface area contributed by atoms with Crippen molar-refractivity contribution in [1.82, 2.24) is 19.5 Å². The minimum atomic E-state index is -3.55. The largest absolute Gasteiger partial charge is 0.251 e. The number of hydrogen-bond acceptors (Lipinski definition) is 4. The van der Waals surface area contributed by atoms with Gasteiger partial charge in [-0.2, -0.15) is 5.10 Å². The summed E-state index contributed by atoms with van der Waals surface area (Å²) < 4.78 is 28.0. The lowest BCUT2D eigenvalue weighted by atomic mass is 10.2. The van der Waals surface area contributed by atoms with Gasteiger partial charge in [0.05, 0.1) is 6.54 Å². The third-order valence-corrected chi connectivity index (χ3v) is 4.19. The lowest BCUT2D eigenvalue weighted by Gasteiger charge is -2.11. The molecule has 1 aromatic heterocycles. The molecule has 0 unspecified atom stereocenters. The summed E-state index contributed by atoms with van der Waals surface area (Å²) in [5.41, 5.74) is 0.647. The van der Waals surface area contributed by atoms with Crippen molar-refractivity contribution in [2.45, 2.75) is 19.5 Å². The first-order valence-corrected chi connectivity index (χ1v) is 8.16. The van der Waals surface area contributed by atoms with Crippen LogP contribution in [0.3, 0.4) is 0 Å². The first kappa shape index (κ1) is 15.7. The van der Waals surface area contributed by atoms with Gasteiger partial charge in [0, 0.05) is 16.5 Å². The maximum atomic E-state index is 12.0. The van der Waals surface area contributed by atoms with Crippen molar-refractivity contribution in [1.29, 1.82) is 0 Å². The van der Waals surface area contributed by atoms with Gasteiger partial charge >= 0.3 is 0 Å². The summed E-state index contributed by atoms with van der Waals surface area (Å²) in [6.45, 7) is 2.15. The molecular formula is C13H15ClN4O2S. The molecule has 1 atom stereocenters. The van der Waals surface area contributed by atoms with Gasteiger partial charge < -0.3 is 0 Å². The van der Waals surface area contributed by atoms with Crippen LogP contribution >= 0.6 is 11.6 Å². The van der Waals surface area contributed by atoms with Crippen LogP contribution in [0.1, 0.15) is 12.5 Å². The molecule has 0 amide bonds. The fraction of sp³-hybridized carbons (Fsp3) is 0.231. The van der Waals surface area contributed by atoms with Crippen LogP contribution in [-0.4, -0.2) is 29.2 Å². The van der Waals surface area contributed by atoms with E-state index in [4.69, 9.17) is 11.6 Å². The van der Waals surface area contributed by atoms with E-state index in [1.165, 1.54) is 18.7 Å². The minimum absolute atomic E-state index is 0.312. The summed E-state index contributed by atoms with van der Waals surface area (Å²) in [4.78, 5) is 3.80. The number of halogens is 1. The summed E-state index contributed by atoms with van der Waals surface area (Å²) in [6.07, 6.45) is 4.40. The predicted molar refractivity (Wildman–Crippen MR) is 82.0 cm³/mol. The molecule has 1 N–H and O–H groups in total. The van der Waals surface area contributed by atoms with Gasteiger partial charge in [-0.25, -0.2) is 18.1 Å². The molecule has 6 nitrogen and oxygen atoms in total. The highest BCUT2D eigenvalue weighted by atomic mass is 35.5. The van der Waals surface area contributed by atoms with Gasteiger partial charge in [0.25, 0.3) is 0 Å².